The van der Waals surface area contributed by atoms with Crippen molar-refractivity contribution in [3.8, 4) is 0 Å². The topological polar surface area (TPSA) is 138 Å². The van der Waals surface area contributed by atoms with Crippen molar-refractivity contribution in [1.29, 1.82) is 0 Å². The molecule has 3 aliphatic rings. The van der Waals surface area contributed by atoms with E-state index in [1.165, 1.54) is 128 Å². The minimum absolute atomic E-state index is 0.0957. The van der Waals surface area contributed by atoms with Gasteiger partial charge in [-0.15, -0.1) is 0 Å². The van der Waals surface area contributed by atoms with E-state index in [4.69, 9.17) is 18.9 Å². The zero-order valence-corrected chi connectivity index (χ0v) is 50.6. The molecule has 1 saturated heterocycles. The average Bonchev–Trinajstić information content (AvgIpc) is 3.87. The van der Waals surface area contributed by atoms with Gasteiger partial charge in [0.2, 0.25) is 5.91 Å². The zero-order valence-electron chi connectivity index (χ0n) is 50.6. The molecule has 11 heteroatoms. The molecular weight excluding hydrogens is 977 g/mol. The Kier molecular flexibility index (Phi) is 35.0. The van der Waals surface area contributed by atoms with Crippen molar-refractivity contribution >= 4 is 29.8 Å². The molecule has 11 nitrogen and oxygen atoms in total. The van der Waals surface area contributed by atoms with E-state index < -0.39 is 30.1 Å². The predicted molar refractivity (Wildman–Crippen MR) is 316 cm³/mol. The Labute approximate surface area is 475 Å². The van der Waals surface area contributed by atoms with E-state index in [1.54, 1.807) is 4.90 Å². The lowest BCUT2D eigenvalue weighted by molar-refractivity contribution is -0.171. The summed E-state index contributed by atoms with van der Waals surface area (Å²) in [6, 6.07) is 8.24. The first-order valence-electron chi connectivity index (χ1n) is 32.8. The van der Waals surface area contributed by atoms with Gasteiger partial charge in [-0.25, -0.2) is 4.79 Å². The molecule has 1 aromatic rings. The van der Waals surface area contributed by atoms with Gasteiger partial charge in [0.1, 0.15) is 25.4 Å². The van der Waals surface area contributed by atoms with Crippen LogP contribution in [0.2, 0.25) is 0 Å². The monoisotopic (exact) mass is 1090 g/mol. The average molecular weight is 1090 g/mol. The second-order valence-electron chi connectivity index (χ2n) is 24.7. The SMILES string of the molecule is CCCCCCCCCCCCCCCC(=O)OCC(COC(=O)CCCCCCCCCCCCCCC)OC(=O)[C@@H]1C[C@H]2CCCC[C@@H]2N1C(=O)[C@H](C)NCCC(C(=O)OC1CC(C)CCC1C(C)C)c1ccccc1. The van der Waals surface area contributed by atoms with Crippen LogP contribution < -0.4 is 5.32 Å². The largest absolute Gasteiger partial charge is 0.462 e. The second kappa shape index (κ2) is 40.7. The molecule has 446 valence electrons. The molecule has 1 amide bonds. The highest BCUT2D eigenvalue weighted by molar-refractivity contribution is 5.88. The number of carbonyl (C=O) groups is 5. The Morgan fingerprint density at radius 3 is 1.59 bits per heavy atom. The van der Waals surface area contributed by atoms with Crippen LogP contribution in [0.3, 0.4) is 0 Å². The normalized spacial score (nSPS) is 21.1. The van der Waals surface area contributed by atoms with Gasteiger partial charge in [-0.1, -0.05) is 238 Å². The van der Waals surface area contributed by atoms with Gasteiger partial charge in [0, 0.05) is 18.9 Å². The van der Waals surface area contributed by atoms with Crippen molar-refractivity contribution in [3.63, 3.8) is 0 Å². The van der Waals surface area contributed by atoms with Crippen LogP contribution in [-0.2, 0) is 42.9 Å². The van der Waals surface area contributed by atoms with Crippen LogP contribution >= 0.6 is 0 Å². The van der Waals surface area contributed by atoms with Crippen LogP contribution in [-0.4, -0.2) is 84.8 Å². The van der Waals surface area contributed by atoms with E-state index in [2.05, 4.69) is 39.9 Å². The maximum atomic E-state index is 14.7. The Hall–Kier alpha value is -3.47. The van der Waals surface area contributed by atoms with Gasteiger partial charge in [-0.3, -0.25) is 19.2 Å². The summed E-state index contributed by atoms with van der Waals surface area (Å²) < 4.78 is 24.0. The van der Waals surface area contributed by atoms with E-state index in [0.717, 1.165) is 89.0 Å². The summed E-state index contributed by atoms with van der Waals surface area (Å²) in [6.45, 7) is 13.0. The first-order valence-corrected chi connectivity index (χ1v) is 32.8. The fraction of sp³-hybridized carbons (Fsp3) is 0.836. The summed E-state index contributed by atoms with van der Waals surface area (Å²) in [4.78, 5) is 71.2. The van der Waals surface area contributed by atoms with Crippen LogP contribution in [0.25, 0.3) is 0 Å². The Morgan fingerprint density at radius 2 is 1.09 bits per heavy atom. The molecule has 4 rings (SSSR count). The number of benzene rings is 1. The molecule has 78 heavy (non-hydrogen) atoms. The number of ether oxygens (including phenoxy) is 4. The lowest BCUT2D eigenvalue weighted by Gasteiger charge is -2.37. The van der Waals surface area contributed by atoms with Crippen molar-refractivity contribution in [2.45, 2.75) is 315 Å². The third-order valence-corrected chi connectivity index (χ3v) is 17.7. The van der Waals surface area contributed by atoms with Crippen molar-refractivity contribution in [1.82, 2.24) is 10.2 Å². The van der Waals surface area contributed by atoms with Gasteiger partial charge in [0.15, 0.2) is 6.10 Å². The second-order valence-corrected chi connectivity index (χ2v) is 24.7. The summed E-state index contributed by atoms with van der Waals surface area (Å²) >= 11 is 0. The highest BCUT2D eigenvalue weighted by Crippen LogP contribution is 2.41. The number of unbranched alkanes of at least 4 members (excludes halogenated alkanes) is 24. The van der Waals surface area contributed by atoms with E-state index in [-0.39, 0.29) is 67.9 Å². The minimum atomic E-state index is -0.999. The third-order valence-electron chi connectivity index (χ3n) is 17.7. The molecule has 0 radical (unpaired) electrons. The van der Waals surface area contributed by atoms with Crippen molar-refractivity contribution < 1.29 is 42.9 Å². The minimum Gasteiger partial charge on any atom is -0.462 e. The number of rotatable bonds is 43. The van der Waals surface area contributed by atoms with Crippen LogP contribution in [0.5, 0.6) is 0 Å². The number of nitrogens with zero attached hydrogens (tertiary/aromatic N) is 1. The fourth-order valence-electron chi connectivity index (χ4n) is 12.8. The zero-order chi connectivity index (χ0) is 56.2. The molecule has 0 bridgehead atoms. The Balaban J connectivity index is 1.31. The molecule has 4 unspecified atom stereocenters. The highest BCUT2D eigenvalue weighted by Gasteiger charge is 2.49. The predicted octanol–water partition coefficient (Wildman–Crippen LogP) is 16.3. The standard InChI is InChI=1S/C67H114N2O9/c1-7-9-11-13-15-17-19-21-23-25-27-29-34-42-63(70)75-50-57(51-76-64(71)43-35-30-28-26-24-22-20-18-16-14-12-10-8-2)77-67(74)61-49-56-40-36-37-41-60(56)69(61)65(72)54(6)68-47-46-59(55-38-32-31-33-39-55)66(73)78-62-48-53(5)44-45-58(62)52(3)4/h31-33,38-39,52-54,56-62,68H,7-30,34-37,40-51H2,1-6H3/t53?,54-,56+,58?,59?,60-,61-,62?/m0/s1. The van der Waals surface area contributed by atoms with Crippen LogP contribution in [0.15, 0.2) is 30.3 Å². The molecule has 2 aliphatic carbocycles. The van der Waals surface area contributed by atoms with Crippen molar-refractivity contribution in [2.75, 3.05) is 19.8 Å². The number of hydrogen-bond acceptors (Lipinski definition) is 10. The van der Waals surface area contributed by atoms with E-state index >= 15 is 0 Å². The third kappa shape index (κ3) is 26.4. The lowest BCUT2D eigenvalue weighted by atomic mass is 9.75. The van der Waals surface area contributed by atoms with Crippen LogP contribution in [0.4, 0.5) is 0 Å². The van der Waals surface area contributed by atoms with E-state index in [1.807, 2.05) is 37.3 Å². The molecule has 0 spiro atoms. The summed E-state index contributed by atoms with van der Waals surface area (Å²) in [5.74, 6) is -0.732. The number of hydrogen-bond donors (Lipinski definition) is 1. The number of carbonyl (C=O) groups excluding carboxylic acids is 5. The molecule has 1 N–H and O–H groups in total. The molecule has 3 fully saturated rings. The quantitative estimate of drug-likeness (QED) is 0.0382. The van der Waals surface area contributed by atoms with Gasteiger partial charge in [0.05, 0.1) is 12.0 Å². The molecule has 1 aliphatic heterocycles. The van der Waals surface area contributed by atoms with Gasteiger partial charge in [-0.05, 0) is 94.1 Å². The number of amides is 1. The first kappa shape index (κ1) is 67.0. The molecule has 8 atom stereocenters. The summed E-state index contributed by atoms with van der Waals surface area (Å²) in [5.41, 5.74) is 0.894. The maximum absolute atomic E-state index is 14.7. The summed E-state index contributed by atoms with van der Waals surface area (Å²) in [5, 5.41) is 3.44. The maximum Gasteiger partial charge on any atom is 0.329 e. The Bertz CT molecular complexity index is 1730. The van der Waals surface area contributed by atoms with Crippen LogP contribution in [0.1, 0.15) is 291 Å². The molecule has 1 aromatic carbocycles. The molecule has 1 heterocycles. The summed E-state index contributed by atoms with van der Waals surface area (Å²) in [6.07, 6.45) is 38.8. The van der Waals surface area contributed by atoms with Gasteiger partial charge >= 0.3 is 23.9 Å². The van der Waals surface area contributed by atoms with Crippen molar-refractivity contribution in [2.24, 2.45) is 23.7 Å². The number of likely N-dealkylation sites (tertiary alicyclic amines) is 1. The number of nitrogens with one attached hydrogen (secondary N) is 1. The van der Waals surface area contributed by atoms with E-state index in [9.17, 15) is 24.0 Å². The Morgan fingerprint density at radius 1 is 0.603 bits per heavy atom. The smallest absolute Gasteiger partial charge is 0.329 e. The molecule has 0 aromatic heterocycles. The lowest BCUT2D eigenvalue weighted by Crippen LogP contribution is -2.53. The number of fused-ring (bicyclic) bond motifs is 1. The van der Waals surface area contributed by atoms with Crippen molar-refractivity contribution in [3.05, 3.63) is 35.9 Å². The number of esters is 4. The van der Waals surface area contributed by atoms with Gasteiger partial charge < -0.3 is 29.2 Å². The summed E-state index contributed by atoms with van der Waals surface area (Å²) in [7, 11) is 0. The van der Waals surface area contributed by atoms with E-state index in [0.29, 0.717) is 37.1 Å². The molecular formula is C67H114N2O9. The van der Waals surface area contributed by atoms with Gasteiger partial charge in [-0.2, -0.15) is 0 Å². The molecule has 2 saturated carbocycles. The fourth-order valence-corrected chi connectivity index (χ4v) is 12.8. The van der Waals surface area contributed by atoms with Crippen LogP contribution in [0, 0.1) is 23.7 Å². The van der Waals surface area contributed by atoms with Gasteiger partial charge in [0.25, 0.3) is 0 Å². The first-order chi connectivity index (χ1) is 37.9. The highest BCUT2D eigenvalue weighted by atomic mass is 16.6.